The van der Waals surface area contributed by atoms with Crippen LogP contribution < -0.4 is 21.3 Å². The molecule has 1 aromatic carbocycles. The Morgan fingerprint density at radius 2 is 2.03 bits per heavy atom. The zero-order valence-corrected chi connectivity index (χ0v) is 22.7. The smallest absolute Gasteiger partial charge is 0.222 e. The molecule has 4 bridgehead atoms. The summed E-state index contributed by atoms with van der Waals surface area (Å²) in [5, 5.41) is 17.5. The van der Waals surface area contributed by atoms with Crippen molar-refractivity contribution in [1.82, 2.24) is 10.2 Å². The van der Waals surface area contributed by atoms with Gasteiger partial charge in [-0.25, -0.2) is 9.38 Å². The molecule has 1 aromatic rings. The number of aliphatic hydroxyl groups excluding tert-OH is 1. The molecule has 206 valence electrons. The molecule has 7 atom stereocenters. The number of likely N-dealkylation sites (N-methyl/N-ethyl adjacent to an activating group) is 1. The van der Waals surface area contributed by atoms with Crippen molar-refractivity contribution in [3.63, 3.8) is 0 Å². The normalized spacial score (nSPS) is 37.0. The zero-order chi connectivity index (χ0) is 27.1. The largest absolute Gasteiger partial charge is 0.616 e. The fourth-order valence-electron chi connectivity index (χ4n) is 6.56. The number of carbonyl (C=O) groups excluding carboxylic acids is 1. The second kappa shape index (κ2) is 10.9. The molecule has 5 rings (SSSR count). The van der Waals surface area contributed by atoms with E-state index in [0.717, 1.165) is 38.1 Å². The number of carbonyl (C=O) groups is 1. The van der Waals surface area contributed by atoms with Crippen LogP contribution in [0.2, 0.25) is 0 Å². The van der Waals surface area contributed by atoms with Crippen LogP contribution in [0, 0.1) is 17.8 Å². The number of hydrogen-bond acceptors (Lipinski definition) is 8. The average Bonchev–Trinajstić information content (AvgIpc) is 3.46. The standard InChI is InChI=1S/C27H37FN6O3S/c1-15-21(28)13-30-16(2)32-18-4-5-22(34-8-6-33(3)7-9-34)19(12-18)23(35)14-38(37)24-11-17-10-20(24)26(31-15)25(17)27(29)36/h4-5,12-13,17,20,23-26,31-32,35H,2,6-11,14H2,1,3H3,(H2,29,36)/b21-15-,30-13-. The number of nitrogens with zero attached hydrogens (tertiary/aromatic N) is 3. The van der Waals surface area contributed by atoms with Gasteiger partial charge in [-0.3, -0.25) is 4.79 Å². The van der Waals surface area contributed by atoms with Gasteiger partial charge >= 0.3 is 0 Å². The molecule has 7 unspecified atom stereocenters. The van der Waals surface area contributed by atoms with Crippen molar-refractivity contribution in [3.8, 4) is 0 Å². The summed E-state index contributed by atoms with van der Waals surface area (Å²) < 4.78 is 28.7. The number of nitrogens with one attached hydrogen (secondary N) is 2. The van der Waals surface area contributed by atoms with Crippen molar-refractivity contribution >= 4 is 34.7 Å². The highest BCUT2D eigenvalue weighted by molar-refractivity contribution is 7.92. The van der Waals surface area contributed by atoms with Gasteiger partial charge in [-0.15, -0.1) is 0 Å². The first-order chi connectivity index (χ1) is 18.1. The summed E-state index contributed by atoms with van der Waals surface area (Å²) in [6, 6.07) is 5.26. The summed E-state index contributed by atoms with van der Waals surface area (Å²) in [6.07, 6.45) is 1.44. The van der Waals surface area contributed by atoms with Crippen LogP contribution in [0.1, 0.15) is 31.4 Å². The molecule has 1 saturated heterocycles. The molecule has 0 aromatic heterocycles. The average molecular weight is 545 g/mol. The molecular weight excluding hydrogens is 507 g/mol. The predicted molar refractivity (Wildman–Crippen MR) is 149 cm³/mol. The fraction of sp³-hybridized carbons (Fsp3) is 0.556. The first-order valence-corrected chi connectivity index (χ1v) is 14.6. The lowest BCUT2D eigenvalue weighted by molar-refractivity contribution is -0.124. The minimum absolute atomic E-state index is 0.0160. The third kappa shape index (κ3) is 5.29. The van der Waals surface area contributed by atoms with E-state index in [0.29, 0.717) is 24.1 Å². The van der Waals surface area contributed by atoms with Crippen LogP contribution in [-0.4, -0.2) is 77.0 Å². The lowest BCUT2D eigenvalue weighted by atomic mass is 9.83. The van der Waals surface area contributed by atoms with E-state index < -0.39 is 41.0 Å². The van der Waals surface area contributed by atoms with Gasteiger partial charge in [0.25, 0.3) is 0 Å². The third-order valence-corrected chi connectivity index (χ3v) is 10.4. The highest BCUT2D eigenvalue weighted by Crippen LogP contribution is 2.52. The number of fused-ring (bicyclic) bond motifs is 3. The quantitative estimate of drug-likeness (QED) is 0.418. The van der Waals surface area contributed by atoms with E-state index in [1.165, 1.54) is 0 Å². The molecule has 2 heterocycles. The number of amides is 1. The van der Waals surface area contributed by atoms with Crippen LogP contribution >= 0.6 is 0 Å². The Morgan fingerprint density at radius 3 is 2.74 bits per heavy atom. The summed E-state index contributed by atoms with van der Waals surface area (Å²) in [6.45, 7) is 8.93. The van der Waals surface area contributed by atoms with Gasteiger partial charge < -0.3 is 35.8 Å². The maximum atomic E-state index is 15.0. The number of hydrogen-bond donors (Lipinski definition) is 4. The number of aliphatic hydroxyl groups is 1. The van der Waals surface area contributed by atoms with Gasteiger partial charge in [0.1, 0.15) is 22.9 Å². The number of piperazine rings is 1. The number of allylic oxidation sites excluding steroid dienone is 2. The Bertz CT molecular complexity index is 1150. The molecule has 11 heteroatoms. The van der Waals surface area contributed by atoms with Gasteiger partial charge in [-0.2, -0.15) is 0 Å². The first kappa shape index (κ1) is 27.0. The Balaban J connectivity index is 1.50. The van der Waals surface area contributed by atoms with Gasteiger partial charge in [0.15, 0.2) is 5.83 Å². The van der Waals surface area contributed by atoms with E-state index >= 15 is 0 Å². The monoisotopic (exact) mass is 544 g/mol. The van der Waals surface area contributed by atoms with Crippen molar-refractivity contribution in [3.05, 3.63) is 47.7 Å². The SMILES string of the molecule is C=C1/N=C\C(F)=C(/C)NC2C3CC(CC3[S+]([O-])CC(O)c3cc(ccc3N3CCN(C)CC3)N1)C2C(N)=O. The Morgan fingerprint density at radius 1 is 1.29 bits per heavy atom. The van der Waals surface area contributed by atoms with Crippen molar-refractivity contribution in [2.24, 2.45) is 28.5 Å². The molecule has 4 aliphatic rings. The number of benzene rings is 1. The van der Waals surface area contributed by atoms with Crippen LogP contribution in [0.25, 0.3) is 0 Å². The Labute approximate surface area is 226 Å². The molecule has 9 nitrogen and oxygen atoms in total. The topological polar surface area (TPSA) is 129 Å². The van der Waals surface area contributed by atoms with Crippen LogP contribution in [0.5, 0.6) is 0 Å². The maximum absolute atomic E-state index is 15.0. The van der Waals surface area contributed by atoms with Gasteiger partial charge in [0.05, 0.1) is 12.1 Å². The highest BCUT2D eigenvalue weighted by Gasteiger charge is 2.58. The minimum Gasteiger partial charge on any atom is -0.616 e. The molecule has 5 N–H and O–H groups in total. The number of primary amides is 1. The molecule has 38 heavy (non-hydrogen) atoms. The predicted octanol–water partition coefficient (Wildman–Crippen LogP) is 1.86. The Hall–Kier alpha value is -2.60. The van der Waals surface area contributed by atoms with E-state index in [1.807, 2.05) is 18.2 Å². The molecule has 2 aliphatic heterocycles. The highest BCUT2D eigenvalue weighted by atomic mass is 32.2. The zero-order valence-electron chi connectivity index (χ0n) is 21.9. The van der Waals surface area contributed by atoms with Crippen molar-refractivity contribution in [2.75, 3.05) is 49.2 Å². The van der Waals surface area contributed by atoms with Gasteiger partial charge in [0.2, 0.25) is 5.91 Å². The van der Waals surface area contributed by atoms with E-state index in [2.05, 4.69) is 39.1 Å². The molecular formula is C27H37FN6O3S. The summed E-state index contributed by atoms with van der Waals surface area (Å²) >= 11 is -1.37. The second-order valence-electron chi connectivity index (χ2n) is 11.0. The summed E-state index contributed by atoms with van der Waals surface area (Å²) in [4.78, 5) is 21.0. The number of anilines is 2. The molecule has 2 saturated carbocycles. The summed E-state index contributed by atoms with van der Waals surface area (Å²) in [5.74, 6) is -1.29. The number of aliphatic imine (C=N–C) groups is 1. The minimum atomic E-state index is -1.37. The van der Waals surface area contributed by atoms with Crippen molar-refractivity contribution < 1.29 is 18.8 Å². The van der Waals surface area contributed by atoms with Crippen molar-refractivity contribution in [2.45, 2.75) is 37.2 Å². The maximum Gasteiger partial charge on any atom is 0.222 e. The lowest BCUT2D eigenvalue weighted by Crippen LogP contribution is -2.51. The number of nitrogens with two attached hydrogens (primary N) is 1. The first-order valence-electron chi connectivity index (χ1n) is 13.2. The molecule has 0 spiro atoms. The second-order valence-corrected chi connectivity index (χ2v) is 12.7. The van der Waals surface area contributed by atoms with Crippen LogP contribution in [-0.2, 0) is 16.0 Å². The number of rotatable bonds is 2. The van der Waals surface area contributed by atoms with E-state index in [1.54, 1.807) is 6.92 Å². The van der Waals surface area contributed by atoms with Gasteiger partial charge in [-0.1, -0.05) is 6.58 Å². The Kier molecular flexibility index (Phi) is 7.72. The molecule has 1 amide bonds. The fourth-order valence-corrected chi connectivity index (χ4v) is 8.43. The van der Waals surface area contributed by atoms with E-state index in [9.17, 15) is 18.8 Å². The van der Waals surface area contributed by atoms with Crippen LogP contribution in [0.4, 0.5) is 15.8 Å². The lowest BCUT2D eigenvalue weighted by Gasteiger charge is -2.37. The van der Waals surface area contributed by atoms with E-state index in [4.69, 9.17) is 5.73 Å². The molecule has 0 radical (unpaired) electrons. The summed E-state index contributed by atoms with van der Waals surface area (Å²) in [7, 11) is 2.09. The number of halogens is 1. The molecule has 2 aliphatic carbocycles. The van der Waals surface area contributed by atoms with Crippen LogP contribution in [0.15, 0.2) is 47.1 Å². The van der Waals surface area contributed by atoms with Crippen LogP contribution in [0.3, 0.4) is 0 Å². The van der Waals surface area contributed by atoms with Gasteiger partial charge in [0, 0.05) is 60.8 Å². The van der Waals surface area contributed by atoms with E-state index in [-0.39, 0.29) is 34.4 Å². The van der Waals surface area contributed by atoms with Crippen molar-refractivity contribution in [1.29, 1.82) is 0 Å². The molecule has 3 fully saturated rings. The van der Waals surface area contributed by atoms with Gasteiger partial charge in [-0.05, 0) is 62.1 Å². The summed E-state index contributed by atoms with van der Waals surface area (Å²) in [5.41, 5.74) is 8.24. The third-order valence-electron chi connectivity index (χ3n) is 8.53.